The van der Waals surface area contributed by atoms with Crippen LogP contribution in [0.3, 0.4) is 0 Å². The van der Waals surface area contributed by atoms with Crippen molar-refractivity contribution in [2.75, 3.05) is 20.6 Å². The van der Waals surface area contributed by atoms with Gasteiger partial charge in [-0.2, -0.15) is 0 Å². The zero-order valence-electron chi connectivity index (χ0n) is 8.20. The first-order chi connectivity index (χ1) is 6.22. The highest BCUT2D eigenvalue weighted by Gasteiger charge is 1.98. The quantitative estimate of drug-likeness (QED) is 0.710. The molecule has 1 heterocycles. The first-order valence-corrected chi connectivity index (χ1v) is 4.37. The van der Waals surface area contributed by atoms with Crippen LogP contribution >= 0.6 is 0 Å². The molecule has 0 spiro atoms. The predicted octanol–water partition coefficient (Wildman–Crippen LogP) is 0.0394. The van der Waals surface area contributed by atoms with Crippen molar-refractivity contribution < 1.29 is 0 Å². The minimum Gasteiger partial charge on any atom is -0.330 e. The topological polar surface area (TPSA) is 55.0 Å². The largest absolute Gasteiger partial charge is 0.330 e. The Balaban J connectivity index is 2.59. The summed E-state index contributed by atoms with van der Waals surface area (Å²) in [5.74, 6) is 0.853. The Labute approximate surface area is 78.8 Å². The van der Waals surface area contributed by atoms with Crippen LogP contribution in [0.5, 0.6) is 0 Å². The third-order valence-electron chi connectivity index (χ3n) is 1.65. The first kappa shape index (κ1) is 10.1. The van der Waals surface area contributed by atoms with E-state index in [0.717, 1.165) is 24.4 Å². The van der Waals surface area contributed by atoms with Crippen LogP contribution in [0.25, 0.3) is 0 Å². The molecule has 1 rings (SSSR count). The van der Waals surface area contributed by atoms with Crippen LogP contribution in [0.4, 0.5) is 0 Å². The second-order valence-electron chi connectivity index (χ2n) is 3.28. The number of rotatable bonds is 4. The van der Waals surface area contributed by atoms with Gasteiger partial charge in [-0.3, -0.25) is 0 Å². The van der Waals surface area contributed by atoms with E-state index < -0.39 is 0 Å². The summed E-state index contributed by atoms with van der Waals surface area (Å²) < 4.78 is 0. The van der Waals surface area contributed by atoms with Gasteiger partial charge < -0.3 is 10.6 Å². The number of aromatic nitrogens is 2. The standard InChI is InChI=1S/C9H16N4/c1-13(2)7-9-11-5-8(3-4-10)6-12-9/h5-6H,3-4,7,10H2,1-2H3. The SMILES string of the molecule is CN(C)Cc1ncc(CCN)cn1. The minimum absolute atomic E-state index is 0.649. The van der Waals surface area contributed by atoms with Crippen molar-refractivity contribution in [3.63, 3.8) is 0 Å². The molecule has 0 aromatic carbocycles. The van der Waals surface area contributed by atoms with E-state index in [0.29, 0.717) is 6.54 Å². The number of nitrogens with zero attached hydrogens (tertiary/aromatic N) is 3. The van der Waals surface area contributed by atoms with Crippen molar-refractivity contribution in [2.24, 2.45) is 5.73 Å². The van der Waals surface area contributed by atoms with E-state index >= 15 is 0 Å². The van der Waals surface area contributed by atoms with E-state index in [2.05, 4.69) is 9.97 Å². The Hall–Kier alpha value is -1.00. The second kappa shape index (κ2) is 4.89. The molecule has 0 aliphatic carbocycles. The molecule has 0 fully saturated rings. The molecule has 13 heavy (non-hydrogen) atoms. The molecule has 1 aromatic rings. The van der Waals surface area contributed by atoms with Gasteiger partial charge in [-0.05, 0) is 32.6 Å². The van der Waals surface area contributed by atoms with Gasteiger partial charge in [-0.1, -0.05) is 0 Å². The van der Waals surface area contributed by atoms with Crippen LogP contribution in [0.2, 0.25) is 0 Å². The van der Waals surface area contributed by atoms with Crippen molar-refractivity contribution in [1.29, 1.82) is 0 Å². The molecule has 0 saturated carbocycles. The van der Waals surface area contributed by atoms with Gasteiger partial charge in [0.15, 0.2) is 0 Å². The van der Waals surface area contributed by atoms with Crippen molar-refractivity contribution in [3.05, 3.63) is 23.8 Å². The molecule has 4 nitrogen and oxygen atoms in total. The minimum atomic E-state index is 0.649. The molecule has 0 aliphatic rings. The monoisotopic (exact) mass is 180 g/mol. The van der Waals surface area contributed by atoms with E-state index in [9.17, 15) is 0 Å². The third kappa shape index (κ3) is 3.48. The number of nitrogens with two attached hydrogens (primary N) is 1. The lowest BCUT2D eigenvalue weighted by Gasteiger charge is -2.07. The first-order valence-electron chi connectivity index (χ1n) is 4.37. The summed E-state index contributed by atoms with van der Waals surface area (Å²) in [6.07, 6.45) is 4.54. The van der Waals surface area contributed by atoms with Gasteiger partial charge in [0.1, 0.15) is 5.82 Å². The average Bonchev–Trinajstić information content (AvgIpc) is 2.08. The van der Waals surface area contributed by atoms with Crippen LogP contribution < -0.4 is 5.73 Å². The zero-order chi connectivity index (χ0) is 9.68. The molecule has 0 radical (unpaired) electrons. The Morgan fingerprint density at radius 3 is 2.38 bits per heavy atom. The molecule has 2 N–H and O–H groups in total. The van der Waals surface area contributed by atoms with Crippen molar-refractivity contribution in [3.8, 4) is 0 Å². The lowest BCUT2D eigenvalue weighted by Crippen LogP contribution is -2.13. The molecule has 1 aromatic heterocycles. The smallest absolute Gasteiger partial charge is 0.142 e. The third-order valence-corrected chi connectivity index (χ3v) is 1.65. The van der Waals surface area contributed by atoms with Crippen LogP contribution in [-0.4, -0.2) is 35.5 Å². The molecule has 0 amide bonds. The molecular formula is C9H16N4. The Bertz CT molecular complexity index is 242. The van der Waals surface area contributed by atoms with Gasteiger partial charge in [-0.25, -0.2) is 9.97 Å². The average molecular weight is 180 g/mol. The molecule has 4 heteroatoms. The molecule has 0 bridgehead atoms. The van der Waals surface area contributed by atoms with Crippen LogP contribution in [0.1, 0.15) is 11.4 Å². The molecule has 0 unspecified atom stereocenters. The van der Waals surface area contributed by atoms with Crippen molar-refractivity contribution in [1.82, 2.24) is 14.9 Å². The van der Waals surface area contributed by atoms with E-state index in [-0.39, 0.29) is 0 Å². The van der Waals surface area contributed by atoms with E-state index in [1.54, 1.807) is 0 Å². The molecule has 72 valence electrons. The summed E-state index contributed by atoms with van der Waals surface area (Å²) in [5.41, 5.74) is 6.52. The predicted molar refractivity (Wildman–Crippen MR) is 52.2 cm³/mol. The second-order valence-corrected chi connectivity index (χ2v) is 3.28. The van der Waals surface area contributed by atoms with Crippen molar-refractivity contribution >= 4 is 0 Å². The van der Waals surface area contributed by atoms with Gasteiger partial charge >= 0.3 is 0 Å². The molecule has 0 aliphatic heterocycles. The Morgan fingerprint density at radius 1 is 1.31 bits per heavy atom. The highest BCUT2D eigenvalue weighted by molar-refractivity contribution is 5.05. The van der Waals surface area contributed by atoms with Gasteiger partial charge in [0.05, 0.1) is 6.54 Å². The molecular weight excluding hydrogens is 164 g/mol. The maximum absolute atomic E-state index is 5.42. The van der Waals surface area contributed by atoms with Crippen molar-refractivity contribution in [2.45, 2.75) is 13.0 Å². The fourth-order valence-corrected chi connectivity index (χ4v) is 1.04. The van der Waals surface area contributed by atoms with Gasteiger partial charge in [0.2, 0.25) is 0 Å². The van der Waals surface area contributed by atoms with Crippen LogP contribution in [-0.2, 0) is 13.0 Å². The summed E-state index contributed by atoms with van der Waals surface area (Å²) in [6, 6.07) is 0. The summed E-state index contributed by atoms with van der Waals surface area (Å²) >= 11 is 0. The van der Waals surface area contributed by atoms with E-state index in [1.165, 1.54) is 0 Å². The fourth-order valence-electron chi connectivity index (χ4n) is 1.04. The number of hydrogen-bond acceptors (Lipinski definition) is 4. The summed E-state index contributed by atoms with van der Waals surface area (Å²) in [7, 11) is 3.99. The zero-order valence-corrected chi connectivity index (χ0v) is 8.20. The van der Waals surface area contributed by atoms with Gasteiger partial charge in [-0.15, -0.1) is 0 Å². The fraction of sp³-hybridized carbons (Fsp3) is 0.556. The maximum atomic E-state index is 5.42. The summed E-state index contributed by atoms with van der Waals surface area (Å²) in [5, 5.41) is 0. The summed E-state index contributed by atoms with van der Waals surface area (Å²) in [6.45, 7) is 1.43. The van der Waals surface area contributed by atoms with Gasteiger partial charge in [0, 0.05) is 12.4 Å². The molecule has 0 atom stereocenters. The van der Waals surface area contributed by atoms with E-state index in [1.807, 2.05) is 31.4 Å². The maximum Gasteiger partial charge on any atom is 0.142 e. The lowest BCUT2D eigenvalue weighted by molar-refractivity contribution is 0.390. The highest BCUT2D eigenvalue weighted by atomic mass is 15.1. The van der Waals surface area contributed by atoms with Crippen LogP contribution in [0.15, 0.2) is 12.4 Å². The Morgan fingerprint density at radius 2 is 1.92 bits per heavy atom. The lowest BCUT2D eigenvalue weighted by atomic mass is 10.2. The number of hydrogen-bond donors (Lipinski definition) is 1. The Kier molecular flexibility index (Phi) is 3.79. The summed E-state index contributed by atoms with van der Waals surface area (Å²) in [4.78, 5) is 10.5. The molecule has 0 saturated heterocycles. The normalized spacial score (nSPS) is 10.8. The van der Waals surface area contributed by atoms with E-state index in [4.69, 9.17) is 5.73 Å². The van der Waals surface area contributed by atoms with Gasteiger partial charge in [0.25, 0.3) is 0 Å². The highest BCUT2D eigenvalue weighted by Crippen LogP contribution is 1.97. The van der Waals surface area contributed by atoms with Crippen LogP contribution in [0, 0.1) is 0 Å².